The van der Waals surface area contributed by atoms with E-state index in [1.165, 1.54) is 23.1 Å². The summed E-state index contributed by atoms with van der Waals surface area (Å²) < 4.78 is 6.55. The van der Waals surface area contributed by atoms with Crippen LogP contribution in [0.1, 0.15) is 5.76 Å². The minimum absolute atomic E-state index is 0.0134. The predicted molar refractivity (Wildman–Crippen MR) is 121 cm³/mol. The molecule has 1 saturated heterocycles. The van der Waals surface area contributed by atoms with Gasteiger partial charge in [0.2, 0.25) is 0 Å². The number of nitrogens with zero attached hydrogens (tertiary/aromatic N) is 2. The van der Waals surface area contributed by atoms with Gasteiger partial charge in [0.25, 0.3) is 17.5 Å². The van der Waals surface area contributed by atoms with E-state index in [0.29, 0.717) is 17.0 Å². The molecule has 2 amide bonds. The molecular formula is C21H12BrN3O5S. The molecule has 0 aliphatic carbocycles. The van der Waals surface area contributed by atoms with Crippen molar-refractivity contribution in [1.82, 2.24) is 5.32 Å². The number of furan rings is 1. The van der Waals surface area contributed by atoms with Crippen LogP contribution in [0.25, 0.3) is 17.4 Å². The molecule has 2 heterocycles. The van der Waals surface area contributed by atoms with Crippen LogP contribution in [0.5, 0.6) is 0 Å². The molecule has 1 N–H and O–H groups in total. The molecule has 1 aliphatic rings. The van der Waals surface area contributed by atoms with E-state index in [9.17, 15) is 19.7 Å². The molecule has 1 aliphatic heterocycles. The first-order valence-electron chi connectivity index (χ1n) is 8.85. The molecule has 1 fully saturated rings. The number of nitro benzene ring substituents is 1. The molecule has 31 heavy (non-hydrogen) atoms. The second kappa shape index (κ2) is 8.25. The van der Waals surface area contributed by atoms with Gasteiger partial charge in [-0.3, -0.25) is 29.9 Å². The van der Waals surface area contributed by atoms with Gasteiger partial charge in [-0.15, -0.1) is 0 Å². The number of thiocarbonyl (C=S) groups is 1. The number of nitrogens with one attached hydrogen (secondary N) is 1. The molecule has 154 valence electrons. The summed E-state index contributed by atoms with van der Waals surface area (Å²) >= 11 is 8.51. The van der Waals surface area contributed by atoms with Gasteiger partial charge in [0.1, 0.15) is 17.1 Å². The SMILES string of the molecule is O=C1NC(=S)N(c2ccc(Br)cc2)C(=O)C1=Cc1ccc(-c2ccc([N+](=O)[O-])cc2)o1. The van der Waals surface area contributed by atoms with E-state index in [1.807, 2.05) is 0 Å². The molecule has 0 unspecified atom stereocenters. The van der Waals surface area contributed by atoms with Crippen LogP contribution in [0.15, 0.2) is 75.1 Å². The van der Waals surface area contributed by atoms with Crippen LogP contribution in [-0.2, 0) is 9.59 Å². The smallest absolute Gasteiger partial charge is 0.270 e. The number of carbonyl (C=O) groups excluding carboxylic acids is 2. The van der Waals surface area contributed by atoms with Gasteiger partial charge in [-0.2, -0.15) is 0 Å². The maximum absolute atomic E-state index is 13.0. The van der Waals surface area contributed by atoms with Crippen molar-refractivity contribution >= 4 is 62.5 Å². The number of hydrogen-bond acceptors (Lipinski definition) is 6. The molecule has 1 aromatic heterocycles. The lowest BCUT2D eigenvalue weighted by Crippen LogP contribution is -2.54. The molecule has 10 heteroatoms. The van der Waals surface area contributed by atoms with E-state index in [0.717, 1.165) is 4.47 Å². The Kier molecular flexibility index (Phi) is 5.49. The first kappa shape index (κ1) is 20.6. The van der Waals surface area contributed by atoms with E-state index in [1.54, 1.807) is 48.5 Å². The highest BCUT2D eigenvalue weighted by atomic mass is 79.9. The third-order valence-electron chi connectivity index (χ3n) is 4.46. The number of anilines is 1. The largest absolute Gasteiger partial charge is 0.457 e. The lowest BCUT2D eigenvalue weighted by molar-refractivity contribution is -0.384. The number of rotatable bonds is 4. The third-order valence-corrected chi connectivity index (χ3v) is 5.28. The van der Waals surface area contributed by atoms with E-state index < -0.39 is 16.7 Å². The van der Waals surface area contributed by atoms with Crippen molar-refractivity contribution in [1.29, 1.82) is 0 Å². The number of amides is 2. The van der Waals surface area contributed by atoms with Crippen LogP contribution in [0, 0.1) is 10.1 Å². The van der Waals surface area contributed by atoms with Crippen LogP contribution >= 0.6 is 28.1 Å². The van der Waals surface area contributed by atoms with Gasteiger partial charge in [-0.25, -0.2) is 0 Å². The first-order valence-corrected chi connectivity index (χ1v) is 10.1. The van der Waals surface area contributed by atoms with Crippen LogP contribution in [0.3, 0.4) is 0 Å². The molecule has 8 nitrogen and oxygen atoms in total. The fraction of sp³-hybridized carbons (Fsp3) is 0. The summed E-state index contributed by atoms with van der Waals surface area (Å²) in [7, 11) is 0. The number of carbonyl (C=O) groups is 2. The number of nitro groups is 1. The van der Waals surface area contributed by atoms with Crippen molar-refractivity contribution in [3.05, 3.63) is 86.6 Å². The maximum atomic E-state index is 13.0. The molecule has 3 aromatic rings. The van der Waals surface area contributed by atoms with Gasteiger partial charge in [-0.05, 0) is 66.8 Å². The second-order valence-electron chi connectivity index (χ2n) is 6.44. The minimum atomic E-state index is -0.628. The van der Waals surface area contributed by atoms with Crippen LogP contribution in [-0.4, -0.2) is 21.9 Å². The summed E-state index contributed by atoms with van der Waals surface area (Å²) in [6, 6.07) is 16.0. The summed E-state index contributed by atoms with van der Waals surface area (Å²) in [6.07, 6.45) is 1.33. The Balaban J connectivity index is 1.63. The van der Waals surface area contributed by atoms with Crippen molar-refractivity contribution in [2.24, 2.45) is 0 Å². The summed E-state index contributed by atoms with van der Waals surface area (Å²) in [4.78, 5) is 36.9. The van der Waals surface area contributed by atoms with Crippen LogP contribution in [0.4, 0.5) is 11.4 Å². The van der Waals surface area contributed by atoms with Crippen molar-refractivity contribution in [3.8, 4) is 11.3 Å². The Morgan fingerprint density at radius 2 is 1.71 bits per heavy atom. The van der Waals surface area contributed by atoms with Gasteiger partial charge < -0.3 is 4.42 Å². The number of benzene rings is 2. The lowest BCUT2D eigenvalue weighted by atomic mass is 10.1. The number of hydrogen-bond donors (Lipinski definition) is 1. The van der Waals surface area contributed by atoms with E-state index >= 15 is 0 Å². The van der Waals surface area contributed by atoms with Gasteiger partial charge in [0.05, 0.1) is 10.6 Å². The normalized spacial score (nSPS) is 15.3. The third kappa shape index (κ3) is 4.16. The molecule has 2 aromatic carbocycles. The van der Waals surface area contributed by atoms with E-state index in [2.05, 4.69) is 21.2 Å². The molecular weight excluding hydrogens is 486 g/mol. The Bertz CT molecular complexity index is 1250. The maximum Gasteiger partial charge on any atom is 0.270 e. The van der Waals surface area contributed by atoms with E-state index in [4.69, 9.17) is 16.6 Å². The highest BCUT2D eigenvalue weighted by Gasteiger charge is 2.34. The zero-order valence-electron chi connectivity index (χ0n) is 15.6. The topological polar surface area (TPSA) is 106 Å². The molecule has 0 atom stereocenters. The molecule has 0 bridgehead atoms. The average Bonchev–Trinajstić information content (AvgIpc) is 3.21. The van der Waals surface area contributed by atoms with Crippen molar-refractivity contribution < 1.29 is 18.9 Å². The zero-order chi connectivity index (χ0) is 22.1. The Morgan fingerprint density at radius 1 is 1.03 bits per heavy atom. The summed E-state index contributed by atoms with van der Waals surface area (Å²) in [6.45, 7) is 0. The van der Waals surface area contributed by atoms with Gasteiger partial charge in [0, 0.05) is 22.2 Å². The monoisotopic (exact) mass is 497 g/mol. The summed E-state index contributed by atoms with van der Waals surface area (Å²) in [5.74, 6) is -0.498. The quantitative estimate of drug-likeness (QED) is 0.187. The van der Waals surface area contributed by atoms with Crippen LogP contribution < -0.4 is 10.2 Å². The second-order valence-corrected chi connectivity index (χ2v) is 7.74. The van der Waals surface area contributed by atoms with Crippen LogP contribution in [0.2, 0.25) is 0 Å². The Hall–Kier alpha value is -3.63. The first-order chi connectivity index (χ1) is 14.8. The molecule has 4 rings (SSSR count). The highest BCUT2D eigenvalue weighted by Crippen LogP contribution is 2.27. The molecule has 0 radical (unpaired) electrons. The van der Waals surface area contributed by atoms with Crippen molar-refractivity contribution in [2.75, 3.05) is 4.90 Å². The van der Waals surface area contributed by atoms with Gasteiger partial charge in [0.15, 0.2) is 5.11 Å². The predicted octanol–water partition coefficient (Wildman–Crippen LogP) is 4.45. The minimum Gasteiger partial charge on any atom is -0.457 e. The zero-order valence-corrected chi connectivity index (χ0v) is 18.0. The van der Waals surface area contributed by atoms with Gasteiger partial charge in [-0.1, -0.05) is 15.9 Å². The Labute approximate surface area is 189 Å². The highest BCUT2D eigenvalue weighted by molar-refractivity contribution is 9.10. The van der Waals surface area contributed by atoms with Gasteiger partial charge >= 0.3 is 0 Å². The summed E-state index contributed by atoms with van der Waals surface area (Å²) in [5, 5.41) is 13.3. The fourth-order valence-electron chi connectivity index (χ4n) is 2.96. The average molecular weight is 498 g/mol. The van der Waals surface area contributed by atoms with Crippen molar-refractivity contribution in [3.63, 3.8) is 0 Å². The fourth-order valence-corrected chi connectivity index (χ4v) is 3.50. The van der Waals surface area contributed by atoms with E-state index in [-0.39, 0.29) is 22.1 Å². The van der Waals surface area contributed by atoms with Crippen molar-refractivity contribution in [2.45, 2.75) is 0 Å². The molecule has 0 saturated carbocycles. The lowest BCUT2D eigenvalue weighted by Gasteiger charge is -2.28. The summed E-state index contributed by atoms with van der Waals surface area (Å²) in [5.41, 5.74) is 0.953. The standard InChI is InChI=1S/C21H12BrN3O5S/c22-13-3-7-14(8-4-13)24-20(27)17(19(26)23-21(24)31)11-16-9-10-18(30-16)12-1-5-15(6-2-12)25(28)29/h1-11H,(H,23,26,31). The number of non-ortho nitro benzene ring substituents is 1. The number of halogens is 1. The Morgan fingerprint density at radius 3 is 2.35 bits per heavy atom. The molecule has 0 spiro atoms.